The molecule has 0 radical (unpaired) electrons. The number of ether oxygens (including phenoxy) is 1. The van der Waals surface area contributed by atoms with E-state index in [4.69, 9.17) is 9.84 Å². The number of benzene rings is 3. The zero-order valence-corrected chi connectivity index (χ0v) is 22.9. The van der Waals surface area contributed by atoms with Crippen molar-refractivity contribution >= 4 is 22.8 Å². The summed E-state index contributed by atoms with van der Waals surface area (Å²) in [5, 5.41) is 13.3. The minimum Gasteiger partial charge on any atom is -0.479 e. The Kier molecular flexibility index (Phi) is 7.91. The quantitative estimate of drug-likeness (QED) is 0.267. The molecule has 38 heavy (non-hydrogen) atoms. The third-order valence-electron chi connectivity index (χ3n) is 7.30. The molecule has 0 saturated carbocycles. The highest BCUT2D eigenvalue weighted by Crippen LogP contribution is 2.29. The zero-order valence-electron chi connectivity index (χ0n) is 22.9. The predicted octanol–water partition coefficient (Wildman–Crippen LogP) is 6.54. The van der Waals surface area contributed by atoms with Gasteiger partial charge in [-0.25, -0.2) is 4.79 Å². The van der Waals surface area contributed by atoms with Crippen LogP contribution in [0.4, 0.5) is 0 Å². The molecule has 1 amide bonds. The van der Waals surface area contributed by atoms with Gasteiger partial charge in [-0.1, -0.05) is 56.3 Å². The number of carboxylic acid groups (broad SMARTS) is 1. The van der Waals surface area contributed by atoms with Crippen molar-refractivity contribution in [2.45, 2.75) is 59.1 Å². The summed E-state index contributed by atoms with van der Waals surface area (Å²) in [5.41, 5.74) is 7.42. The van der Waals surface area contributed by atoms with Crippen LogP contribution < -0.4 is 10.1 Å². The molecule has 0 fully saturated rings. The van der Waals surface area contributed by atoms with Gasteiger partial charge in [0.25, 0.3) is 5.91 Å². The Labute approximate surface area is 224 Å². The van der Waals surface area contributed by atoms with E-state index < -0.39 is 12.1 Å². The van der Waals surface area contributed by atoms with E-state index in [9.17, 15) is 9.59 Å². The van der Waals surface area contributed by atoms with E-state index in [2.05, 4.69) is 54.9 Å². The number of rotatable bonds is 9. The molecule has 1 aromatic heterocycles. The molecule has 0 bridgehead atoms. The largest absolute Gasteiger partial charge is 0.479 e. The molecule has 2 atom stereocenters. The average Bonchev–Trinajstić information content (AvgIpc) is 3.13. The van der Waals surface area contributed by atoms with Crippen molar-refractivity contribution in [2.24, 2.45) is 7.05 Å². The molecule has 6 heteroatoms. The molecule has 2 N–H and O–H groups in total. The predicted molar refractivity (Wildman–Crippen MR) is 151 cm³/mol. The lowest BCUT2D eigenvalue weighted by atomic mass is 9.99. The van der Waals surface area contributed by atoms with Crippen molar-refractivity contribution in [3.63, 3.8) is 0 Å². The maximum atomic E-state index is 13.1. The Morgan fingerprint density at radius 3 is 2.16 bits per heavy atom. The third-order valence-corrected chi connectivity index (χ3v) is 7.30. The summed E-state index contributed by atoms with van der Waals surface area (Å²) in [6.45, 7) is 9.94. The van der Waals surface area contributed by atoms with Gasteiger partial charge in [-0.05, 0) is 79.6 Å². The van der Waals surface area contributed by atoms with Gasteiger partial charge < -0.3 is 19.7 Å². The van der Waals surface area contributed by atoms with E-state index in [1.807, 2.05) is 44.3 Å². The molecular formula is C32H36N2O4. The number of nitrogens with zero attached hydrogens (tertiary/aromatic N) is 1. The van der Waals surface area contributed by atoms with Gasteiger partial charge in [0.05, 0.1) is 6.04 Å². The van der Waals surface area contributed by atoms with E-state index >= 15 is 0 Å². The van der Waals surface area contributed by atoms with Crippen LogP contribution in [0.5, 0.6) is 5.75 Å². The zero-order chi connectivity index (χ0) is 27.6. The molecule has 1 heterocycles. The fraction of sp³-hybridized carbons (Fsp3) is 0.312. The minimum atomic E-state index is -0.997. The van der Waals surface area contributed by atoms with Gasteiger partial charge in [0.1, 0.15) is 5.75 Å². The van der Waals surface area contributed by atoms with Crippen LogP contribution in [0.3, 0.4) is 0 Å². The number of fused-ring (bicyclic) bond motifs is 1. The second-order valence-corrected chi connectivity index (χ2v) is 10.3. The average molecular weight is 513 g/mol. The molecule has 0 spiro atoms. The van der Waals surface area contributed by atoms with Crippen molar-refractivity contribution in [2.75, 3.05) is 0 Å². The normalized spacial score (nSPS) is 12.9. The van der Waals surface area contributed by atoms with E-state index in [-0.39, 0.29) is 11.9 Å². The van der Waals surface area contributed by atoms with E-state index in [0.29, 0.717) is 23.7 Å². The van der Waals surface area contributed by atoms with Gasteiger partial charge >= 0.3 is 5.97 Å². The lowest BCUT2D eigenvalue weighted by Crippen LogP contribution is -2.26. The lowest BCUT2D eigenvalue weighted by Gasteiger charge is -2.16. The summed E-state index contributed by atoms with van der Waals surface area (Å²) in [6, 6.07) is 21.7. The highest BCUT2D eigenvalue weighted by molar-refractivity contribution is 5.99. The molecule has 1 unspecified atom stereocenters. The molecule has 6 nitrogen and oxygen atoms in total. The number of carboxylic acids is 1. The maximum Gasteiger partial charge on any atom is 0.344 e. The third kappa shape index (κ3) is 5.75. The number of aryl methyl sites for hydroxylation is 1. The Balaban J connectivity index is 1.51. The molecule has 0 aliphatic carbocycles. The standard InChI is InChI=1S/C32H36N2O4/c1-19(2)24-9-11-25(12-10-24)20(3)33-31(35)26-13-16-28-29(21(4)34(6)30(28)18-26)17-23-7-14-27(15-8-23)38-22(5)32(36)37/h7-16,18-20,22H,17H2,1-6H3,(H,33,35)(H,36,37)/t20-,22?/m0/s1. The van der Waals surface area contributed by atoms with Gasteiger partial charge in [-0.2, -0.15) is 0 Å². The molecule has 4 rings (SSSR count). The fourth-order valence-electron chi connectivity index (χ4n) is 4.68. The molecule has 198 valence electrons. The molecule has 3 aromatic carbocycles. The molecule has 4 aromatic rings. The Morgan fingerprint density at radius 2 is 1.55 bits per heavy atom. The van der Waals surface area contributed by atoms with E-state index in [1.54, 1.807) is 12.1 Å². The number of nitrogens with one attached hydrogen (secondary N) is 1. The van der Waals surface area contributed by atoms with Crippen molar-refractivity contribution in [1.29, 1.82) is 0 Å². The maximum absolute atomic E-state index is 13.1. The number of carbonyl (C=O) groups excluding carboxylic acids is 1. The van der Waals surface area contributed by atoms with Gasteiger partial charge in [0.2, 0.25) is 0 Å². The number of aromatic nitrogens is 1. The Morgan fingerprint density at radius 1 is 0.921 bits per heavy atom. The summed E-state index contributed by atoms with van der Waals surface area (Å²) in [7, 11) is 2.02. The molecule has 0 saturated heterocycles. The monoisotopic (exact) mass is 512 g/mol. The van der Waals surface area contributed by atoms with Crippen molar-refractivity contribution < 1.29 is 19.4 Å². The summed E-state index contributed by atoms with van der Waals surface area (Å²) in [6.07, 6.45) is -0.187. The number of amides is 1. The van der Waals surface area contributed by atoms with Gasteiger partial charge in [0.15, 0.2) is 6.10 Å². The Bertz CT molecular complexity index is 1450. The van der Waals surface area contributed by atoms with Gasteiger partial charge in [-0.3, -0.25) is 4.79 Å². The second-order valence-electron chi connectivity index (χ2n) is 10.3. The highest BCUT2D eigenvalue weighted by Gasteiger charge is 2.17. The van der Waals surface area contributed by atoms with Crippen LogP contribution in [0.2, 0.25) is 0 Å². The smallest absolute Gasteiger partial charge is 0.344 e. The van der Waals surface area contributed by atoms with Crippen LogP contribution in [-0.4, -0.2) is 27.7 Å². The van der Waals surface area contributed by atoms with Crippen LogP contribution in [0, 0.1) is 6.92 Å². The van der Waals surface area contributed by atoms with Crippen molar-refractivity contribution in [3.05, 3.63) is 100 Å². The van der Waals surface area contributed by atoms with Crippen LogP contribution in [-0.2, 0) is 18.3 Å². The number of hydrogen-bond donors (Lipinski definition) is 2. The van der Waals surface area contributed by atoms with Crippen LogP contribution >= 0.6 is 0 Å². The molecular weight excluding hydrogens is 476 g/mol. The lowest BCUT2D eigenvalue weighted by molar-refractivity contribution is -0.144. The second kappa shape index (κ2) is 11.1. The van der Waals surface area contributed by atoms with Gasteiger partial charge in [0, 0.05) is 29.2 Å². The summed E-state index contributed by atoms with van der Waals surface area (Å²) >= 11 is 0. The number of aliphatic carboxylic acids is 1. The van der Waals surface area contributed by atoms with Crippen LogP contribution in [0.1, 0.15) is 78.0 Å². The SMILES string of the molecule is Cc1c(Cc2ccc(OC(C)C(=O)O)cc2)c2ccc(C(=O)N[C@@H](C)c3ccc(C(C)C)cc3)cc2n1C. The first kappa shape index (κ1) is 27.0. The van der Waals surface area contributed by atoms with Gasteiger partial charge in [-0.15, -0.1) is 0 Å². The topological polar surface area (TPSA) is 80.6 Å². The summed E-state index contributed by atoms with van der Waals surface area (Å²) in [5.74, 6) is -0.0958. The fourth-order valence-corrected chi connectivity index (χ4v) is 4.68. The van der Waals surface area contributed by atoms with Crippen molar-refractivity contribution in [1.82, 2.24) is 9.88 Å². The van der Waals surface area contributed by atoms with E-state index in [1.165, 1.54) is 18.1 Å². The summed E-state index contributed by atoms with van der Waals surface area (Å²) < 4.78 is 7.57. The molecule has 0 aliphatic heterocycles. The van der Waals surface area contributed by atoms with Crippen LogP contribution in [0.25, 0.3) is 10.9 Å². The van der Waals surface area contributed by atoms with Crippen LogP contribution in [0.15, 0.2) is 66.7 Å². The minimum absolute atomic E-state index is 0.0982. The first-order valence-corrected chi connectivity index (χ1v) is 13.0. The van der Waals surface area contributed by atoms with Crippen molar-refractivity contribution in [3.8, 4) is 5.75 Å². The molecule has 0 aliphatic rings. The number of carbonyl (C=O) groups is 2. The van der Waals surface area contributed by atoms with E-state index in [0.717, 1.165) is 27.7 Å². The summed E-state index contributed by atoms with van der Waals surface area (Å²) in [4.78, 5) is 24.2. The Hall–Kier alpha value is -4.06. The first-order valence-electron chi connectivity index (χ1n) is 13.0. The first-order chi connectivity index (χ1) is 18.0. The highest BCUT2D eigenvalue weighted by atomic mass is 16.5. The number of hydrogen-bond acceptors (Lipinski definition) is 3.